The first-order chi connectivity index (χ1) is 5.70. The molecule has 0 unspecified atom stereocenters. The molecule has 1 rings (SSSR count). The smallest absolute Gasteiger partial charge is 0.545 e. The van der Waals surface area contributed by atoms with Crippen molar-refractivity contribution in [3.63, 3.8) is 0 Å². The van der Waals surface area contributed by atoms with Crippen LogP contribution in [0.5, 0.6) is 5.75 Å². The largest absolute Gasteiger partial charge is 1.00 e. The number of carboxylic acids is 1. The molecule has 0 aliphatic rings. The molecule has 0 atom stereocenters. The van der Waals surface area contributed by atoms with Crippen molar-refractivity contribution in [2.24, 2.45) is 0 Å². The third-order valence-corrected chi connectivity index (χ3v) is 1.34. The minimum atomic E-state index is -1.28. The summed E-state index contributed by atoms with van der Waals surface area (Å²) < 4.78 is 0. The first-order valence-electron chi connectivity index (χ1n) is 3.37. The van der Waals surface area contributed by atoms with Gasteiger partial charge in [0.25, 0.3) is 0 Å². The third-order valence-electron chi connectivity index (χ3n) is 1.34. The van der Waals surface area contributed by atoms with E-state index in [-0.39, 0.29) is 35.3 Å². The Labute approximate surface area is 98.0 Å². The van der Waals surface area contributed by atoms with Gasteiger partial charge in [-0.15, -0.1) is 0 Å². The van der Waals surface area contributed by atoms with Crippen LogP contribution in [0.2, 0.25) is 0 Å². The summed E-state index contributed by atoms with van der Waals surface area (Å²) in [5.41, 5.74) is 0.460. The zero-order chi connectivity index (χ0) is 8.97. The third kappa shape index (κ3) is 4.12. The Morgan fingerprint density at radius 1 is 1.38 bits per heavy atom. The van der Waals surface area contributed by atoms with Crippen molar-refractivity contribution in [1.29, 1.82) is 0 Å². The second-order valence-corrected chi connectivity index (χ2v) is 2.21. The second-order valence-electron chi connectivity index (χ2n) is 2.21. The molecule has 0 aliphatic heterocycles. The van der Waals surface area contributed by atoms with E-state index >= 15 is 0 Å². The molecule has 0 aromatic heterocycles. The summed E-state index contributed by atoms with van der Waals surface area (Å²) in [7, 11) is 0. The fraction of sp³-hybridized carbons (Fsp3) is 0. The Kier molecular flexibility index (Phi) is 5.46. The van der Waals surface area contributed by atoms with Crippen LogP contribution < -0.4 is 34.7 Å². The quantitative estimate of drug-likeness (QED) is 0.400. The van der Waals surface area contributed by atoms with Gasteiger partial charge in [0.05, 0.1) is 5.97 Å². The molecular weight excluding hydrogens is 179 g/mol. The van der Waals surface area contributed by atoms with Crippen LogP contribution in [-0.2, 0) is 4.79 Å². The van der Waals surface area contributed by atoms with Crippen LogP contribution >= 0.6 is 0 Å². The number of aliphatic carboxylic acids is 1. The number of carbonyl (C=O) groups is 1. The molecule has 4 heteroatoms. The minimum absolute atomic E-state index is 0. The van der Waals surface area contributed by atoms with Crippen LogP contribution in [-0.4, -0.2) is 11.1 Å². The standard InChI is InChI=1S/C9H8O3.Na/c10-8-4-2-1-3-7(8)5-6-9(11)12;/h1-6,10H,(H,11,12);/q;+1/p-1/b6-5+;. The average Bonchev–Trinajstić information content (AvgIpc) is 2.03. The number of benzene rings is 1. The van der Waals surface area contributed by atoms with Gasteiger partial charge in [-0.2, -0.15) is 0 Å². The van der Waals surface area contributed by atoms with Crippen molar-refractivity contribution in [3.05, 3.63) is 35.9 Å². The molecule has 1 aromatic carbocycles. The molecule has 0 heterocycles. The molecule has 0 fully saturated rings. The summed E-state index contributed by atoms with van der Waals surface area (Å²) in [6.45, 7) is 0. The zero-order valence-corrected chi connectivity index (χ0v) is 9.23. The predicted octanol–water partition coefficient (Wildman–Crippen LogP) is -2.84. The van der Waals surface area contributed by atoms with E-state index in [4.69, 9.17) is 5.11 Å². The van der Waals surface area contributed by atoms with E-state index in [1.165, 1.54) is 12.1 Å². The van der Waals surface area contributed by atoms with Gasteiger partial charge in [0.2, 0.25) is 0 Å². The molecule has 0 aliphatic carbocycles. The van der Waals surface area contributed by atoms with Crippen molar-refractivity contribution in [2.75, 3.05) is 0 Å². The molecule has 0 amide bonds. The number of phenols is 1. The van der Waals surface area contributed by atoms with E-state index in [2.05, 4.69) is 0 Å². The zero-order valence-electron chi connectivity index (χ0n) is 7.23. The first-order valence-corrected chi connectivity index (χ1v) is 3.37. The van der Waals surface area contributed by atoms with Crippen molar-refractivity contribution >= 4 is 12.0 Å². The van der Waals surface area contributed by atoms with Gasteiger partial charge >= 0.3 is 29.6 Å². The summed E-state index contributed by atoms with van der Waals surface area (Å²) in [4.78, 5) is 10.0. The number of para-hydroxylation sites is 1. The van der Waals surface area contributed by atoms with Gasteiger partial charge in [-0.3, -0.25) is 0 Å². The fourth-order valence-corrected chi connectivity index (χ4v) is 0.786. The van der Waals surface area contributed by atoms with Crippen molar-refractivity contribution in [2.45, 2.75) is 0 Å². The van der Waals surface area contributed by atoms with Crippen LogP contribution in [0.3, 0.4) is 0 Å². The van der Waals surface area contributed by atoms with Gasteiger partial charge in [0.1, 0.15) is 5.75 Å². The van der Waals surface area contributed by atoms with Gasteiger partial charge in [-0.1, -0.05) is 18.2 Å². The normalized spacial score (nSPS) is 9.54. The Hall–Kier alpha value is -0.770. The molecule has 3 nitrogen and oxygen atoms in total. The summed E-state index contributed by atoms with van der Waals surface area (Å²) in [6, 6.07) is 6.45. The molecule has 1 aromatic rings. The maximum Gasteiger partial charge on any atom is 1.00 e. The van der Waals surface area contributed by atoms with Crippen LogP contribution in [0, 0.1) is 0 Å². The number of hydrogen-bond acceptors (Lipinski definition) is 3. The fourth-order valence-electron chi connectivity index (χ4n) is 0.786. The van der Waals surface area contributed by atoms with Crippen molar-refractivity contribution in [3.8, 4) is 5.75 Å². The SMILES string of the molecule is O=C([O-])/C=C/c1ccccc1O.[Na+]. The van der Waals surface area contributed by atoms with E-state index in [0.717, 1.165) is 6.08 Å². The molecule has 1 N–H and O–H groups in total. The van der Waals surface area contributed by atoms with Crippen molar-refractivity contribution in [1.82, 2.24) is 0 Å². The number of carboxylic acid groups (broad SMARTS) is 1. The topological polar surface area (TPSA) is 60.4 Å². The number of carbonyl (C=O) groups excluding carboxylic acids is 1. The number of rotatable bonds is 2. The maximum atomic E-state index is 10.0. The van der Waals surface area contributed by atoms with Gasteiger partial charge in [0.15, 0.2) is 0 Å². The molecule has 0 spiro atoms. The van der Waals surface area contributed by atoms with Crippen LogP contribution in [0.4, 0.5) is 0 Å². The van der Waals surface area contributed by atoms with E-state index in [1.54, 1.807) is 18.2 Å². The van der Waals surface area contributed by atoms with E-state index in [1.807, 2.05) is 0 Å². The van der Waals surface area contributed by atoms with E-state index in [9.17, 15) is 9.90 Å². The van der Waals surface area contributed by atoms with Gasteiger partial charge in [-0.25, -0.2) is 0 Å². The second kappa shape index (κ2) is 5.80. The van der Waals surface area contributed by atoms with E-state index < -0.39 is 5.97 Å². The summed E-state index contributed by atoms with van der Waals surface area (Å²) in [6.07, 6.45) is 2.15. The number of aromatic hydroxyl groups is 1. The Morgan fingerprint density at radius 2 is 2.00 bits per heavy atom. The number of phenolic OH excluding ortho intramolecular Hbond substituents is 1. The molecule has 13 heavy (non-hydrogen) atoms. The van der Waals surface area contributed by atoms with Gasteiger partial charge in [-0.05, 0) is 18.2 Å². The monoisotopic (exact) mass is 186 g/mol. The van der Waals surface area contributed by atoms with Crippen LogP contribution in [0.1, 0.15) is 5.56 Å². The van der Waals surface area contributed by atoms with Crippen LogP contribution in [0.25, 0.3) is 6.08 Å². The molecule has 0 saturated heterocycles. The average molecular weight is 186 g/mol. The maximum absolute atomic E-state index is 10.0. The summed E-state index contributed by atoms with van der Waals surface area (Å²) >= 11 is 0. The summed E-state index contributed by atoms with van der Waals surface area (Å²) in [5.74, 6) is -1.23. The minimum Gasteiger partial charge on any atom is -0.545 e. The predicted molar refractivity (Wildman–Crippen MR) is 42.1 cm³/mol. The molecule has 0 bridgehead atoms. The first kappa shape index (κ1) is 12.2. The molecule has 0 radical (unpaired) electrons. The Balaban J connectivity index is 0.00000144. The van der Waals surface area contributed by atoms with Crippen LogP contribution in [0.15, 0.2) is 30.3 Å². The molecule has 62 valence electrons. The van der Waals surface area contributed by atoms with E-state index in [0.29, 0.717) is 5.56 Å². The van der Waals surface area contributed by atoms with Gasteiger partial charge < -0.3 is 15.0 Å². The molecule has 0 saturated carbocycles. The Morgan fingerprint density at radius 3 is 2.54 bits per heavy atom. The molecular formula is C9H7NaO3. The summed E-state index contributed by atoms with van der Waals surface area (Å²) in [5, 5.41) is 19.2. The van der Waals surface area contributed by atoms with Crippen molar-refractivity contribution < 1.29 is 44.6 Å². The number of hydrogen-bond donors (Lipinski definition) is 1. The Bertz CT molecular complexity index is 320. The van der Waals surface area contributed by atoms with Gasteiger partial charge in [0, 0.05) is 5.56 Å².